The van der Waals surface area contributed by atoms with Crippen molar-refractivity contribution in [2.24, 2.45) is 5.73 Å². The highest BCUT2D eigenvalue weighted by molar-refractivity contribution is 5.50. The van der Waals surface area contributed by atoms with Crippen LogP contribution in [-0.2, 0) is 6.18 Å². The second-order valence-corrected chi connectivity index (χ2v) is 2.88. The average Bonchev–Trinajstić information content (AvgIpc) is 2.12. The van der Waals surface area contributed by atoms with Crippen molar-refractivity contribution in [3.8, 4) is 0 Å². The van der Waals surface area contributed by atoms with E-state index in [-0.39, 0.29) is 6.54 Å². The molecule has 0 saturated heterocycles. The Bertz CT molecular complexity index is 368. The number of alkyl halides is 3. The molecule has 1 aromatic carbocycles. The van der Waals surface area contributed by atoms with E-state index in [0.717, 1.165) is 6.07 Å². The Morgan fingerprint density at radius 1 is 1.27 bits per heavy atom. The molecule has 0 fully saturated rings. The highest BCUT2D eigenvalue weighted by Crippen LogP contribution is 2.31. The maximum absolute atomic E-state index is 13.0. The Balaban J connectivity index is 3.04. The summed E-state index contributed by atoms with van der Waals surface area (Å²) >= 11 is 0. The lowest BCUT2D eigenvalue weighted by Crippen LogP contribution is -2.07. The smallest absolute Gasteiger partial charge is 0.327 e. The van der Waals surface area contributed by atoms with E-state index in [0.29, 0.717) is 11.6 Å². The first-order valence-electron chi connectivity index (χ1n) is 4.18. The molecule has 5 heteroatoms. The van der Waals surface area contributed by atoms with Gasteiger partial charge in [-0.2, -0.15) is 13.2 Å². The largest absolute Gasteiger partial charge is 0.419 e. The van der Waals surface area contributed by atoms with Gasteiger partial charge < -0.3 is 5.73 Å². The first-order chi connectivity index (χ1) is 6.95. The van der Waals surface area contributed by atoms with Gasteiger partial charge in [-0.05, 0) is 17.7 Å². The SMILES string of the molecule is NC/C=C/c1ccc(C(F)(F)F)c(F)c1. The molecule has 0 amide bonds. The summed E-state index contributed by atoms with van der Waals surface area (Å²) in [7, 11) is 0. The van der Waals surface area contributed by atoms with Crippen LogP contribution in [0.3, 0.4) is 0 Å². The normalized spacial score (nSPS) is 12.3. The van der Waals surface area contributed by atoms with Crippen molar-refractivity contribution in [1.29, 1.82) is 0 Å². The molecule has 1 aromatic rings. The lowest BCUT2D eigenvalue weighted by molar-refractivity contribution is -0.140. The molecular formula is C10H9F4N. The molecule has 2 N–H and O–H groups in total. The van der Waals surface area contributed by atoms with Gasteiger partial charge in [0, 0.05) is 6.54 Å². The molecule has 0 spiro atoms. The number of hydrogen-bond acceptors (Lipinski definition) is 1. The van der Waals surface area contributed by atoms with E-state index in [4.69, 9.17) is 5.73 Å². The van der Waals surface area contributed by atoms with Crippen LogP contribution < -0.4 is 5.73 Å². The van der Waals surface area contributed by atoms with Gasteiger partial charge in [-0.25, -0.2) is 4.39 Å². The van der Waals surface area contributed by atoms with E-state index < -0.39 is 17.6 Å². The third kappa shape index (κ3) is 3.06. The minimum Gasteiger partial charge on any atom is -0.327 e. The number of rotatable bonds is 2. The zero-order valence-corrected chi connectivity index (χ0v) is 7.68. The quantitative estimate of drug-likeness (QED) is 0.760. The van der Waals surface area contributed by atoms with Gasteiger partial charge in [-0.1, -0.05) is 18.2 Å². The van der Waals surface area contributed by atoms with E-state index >= 15 is 0 Å². The summed E-state index contributed by atoms with van der Waals surface area (Å²) in [6.45, 7) is 0.253. The minimum atomic E-state index is -4.65. The van der Waals surface area contributed by atoms with Crippen LogP contribution >= 0.6 is 0 Å². The Morgan fingerprint density at radius 2 is 1.93 bits per heavy atom. The Labute approximate surface area is 84.2 Å². The fourth-order valence-corrected chi connectivity index (χ4v) is 1.07. The van der Waals surface area contributed by atoms with Gasteiger partial charge in [0.25, 0.3) is 0 Å². The van der Waals surface area contributed by atoms with E-state index in [9.17, 15) is 17.6 Å². The highest BCUT2D eigenvalue weighted by atomic mass is 19.4. The van der Waals surface area contributed by atoms with Crippen LogP contribution in [0, 0.1) is 5.82 Å². The Morgan fingerprint density at radius 3 is 2.40 bits per heavy atom. The van der Waals surface area contributed by atoms with Crippen LogP contribution in [-0.4, -0.2) is 6.54 Å². The molecule has 0 radical (unpaired) electrons. The predicted octanol–water partition coefficient (Wildman–Crippen LogP) is 2.82. The molecule has 15 heavy (non-hydrogen) atoms. The number of hydrogen-bond donors (Lipinski definition) is 1. The molecule has 0 bridgehead atoms. The molecule has 0 atom stereocenters. The zero-order chi connectivity index (χ0) is 11.5. The summed E-state index contributed by atoms with van der Waals surface area (Å²) in [6.07, 6.45) is -1.66. The third-order valence-corrected chi connectivity index (χ3v) is 1.74. The summed E-state index contributed by atoms with van der Waals surface area (Å²) in [5.74, 6) is -1.28. The molecule has 0 heterocycles. The predicted molar refractivity (Wildman–Crippen MR) is 49.5 cm³/mol. The molecule has 82 valence electrons. The number of halogens is 4. The second-order valence-electron chi connectivity index (χ2n) is 2.88. The summed E-state index contributed by atoms with van der Waals surface area (Å²) in [6, 6.07) is 2.73. The first-order valence-corrected chi connectivity index (χ1v) is 4.18. The van der Waals surface area contributed by atoms with E-state index in [1.807, 2.05) is 0 Å². The fraction of sp³-hybridized carbons (Fsp3) is 0.200. The van der Waals surface area contributed by atoms with Crippen molar-refractivity contribution in [2.75, 3.05) is 6.54 Å². The third-order valence-electron chi connectivity index (χ3n) is 1.74. The van der Waals surface area contributed by atoms with Crippen LogP contribution in [0.5, 0.6) is 0 Å². The van der Waals surface area contributed by atoms with Crippen molar-refractivity contribution in [3.05, 3.63) is 41.2 Å². The minimum absolute atomic E-state index is 0.253. The van der Waals surface area contributed by atoms with Crippen LogP contribution in [0.4, 0.5) is 17.6 Å². The van der Waals surface area contributed by atoms with Crippen molar-refractivity contribution in [2.45, 2.75) is 6.18 Å². The molecule has 0 unspecified atom stereocenters. The van der Waals surface area contributed by atoms with E-state index in [2.05, 4.69) is 0 Å². The van der Waals surface area contributed by atoms with Crippen molar-refractivity contribution in [3.63, 3.8) is 0 Å². The molecular weight excluding hydrogens is 210 g/mol. The summed E-state index contributed by atoms with van der Waals surface area (Å²) in [5, 5.41) is 0. The summed E-state index contributed by atoms with van der Waals surface area (Å²) in [5.41, 5.74) is 4.25. The molecule has 0 aromatic heterocycles. The Kier molecular flexibility index (Phi) is 3.47. The molecule has 1 nitrogen and oxygen atoms in total. The number of benzene rings is 1. The van der Waals surface area contributed by atoms with Crippen molar-refractivity contribution in [1.82, 2.24) is 0 Å². The maximum atomic E-state index is 13.0. The second kappa shape index (κ2) is 4.44. The van der Waals surface area contributed by atoms with Gasteiger partial charge in [0.15, 0.2) is 0 Å². The number of nitrogens with two attached hydrogens (primary N) is 1. The molecule has 1 rings (SSSR count). The zero-order valence-electron chi connectivity index (χ0n) is 7.68. The van der Waals surface area contributed by atoms with Gasteiger partial charge in [0.1, 0.15) is 5.82 Å². The van der Waals surface area contributed by atoms with Gasteiger partial charge in [0.2, 0.25) is 0 Å². The van der Waals surface area contributed by atoms with Gasteiger partial charge in [-0.3, -0.25) is 0 Å². The standard InChI is InChI=1S/C10H9F4N/c11-9-6-7(2-1-5-15)3-4-8(9)10(12,13)14/h1-4,6H,5,15H2/b2-1+. The van der Waals surface area contributed by atoms with Crippen LogP contribution in [0.25, 0.3) is 6.08 Å². The van der Waals surface area contributed by atoms with E-state index in [1.54, 1.807) is 0 Å². The highest BCUT2D eigenvalue weighted by Gasteiger charge is 2.33. The van der Waals surface area contributed by atoms with Crippen LogP contribution in [0.2, 0.25) is 0 Å². The maximum Gasteiger partial charge on any atom is 0.419 e. The van der Waals surface area contributed by atoms with Crippen molar-refractivity contribution >= 4 is 6.08 Å². The topological polar surface area (TPSA) is 26.0 Å². The summed E-state index contributed by atoms with van der Waals surface area (Å²) in [4.78, 5) is 0. The van der Waals surface area contributed by atoms with E-state index in [1.165, 1.54) is 18.2 Å². The monoisotopic (exact) mass is 219 g/mol. The van der Waals surface area contributed by atoms with Crippen LogP contribution in [0.1, 0.15) is 11.1 Å². The average molecular weight is 219 g/mol. The Hall–Kier alpha value is -1.36. The van der Waals surface area contributed by atoms with Gasteiger partial charge >= 0.3 is 6.18 Å². The molecule has 0 aliphatic heterocycles. The molecule has 0 aliphatic carbocycles. The van der Waals surface area contributed by atoms with Crippen LogP contribution in [0.15, 0.2) is 24.3 Å². The van der Waals surface area contributed by atoms with Gasteiger partial charge in [-0.15, -0.1) is 0 Å². The lowest BCUT2D eigenvalue weighted by atomic mass is 10.1. The fourth-order valence-electron chi connectivity index (χ4n) is 1.07. The lowest BCUT2D eigenvalue weighted by Gasteiger charge is -2.07. The first kappa shape index (κ1) is 11.7. The van der Waals surface area contributed by atoms with Gasteiger partial charge in [0.05, 0.1) is 5.56 Å². The molecule has 0 aliphatic rings. The summed E-state index contributed by atoms with van der Waals surface area (Å²) < 4.78 is 49.5. The van der Waals surface area contributed by atoms with Crippen molar-refractivity contribution < 1.29 is 17.6 Å². The molecule has 0 saturated carbocycles.